The Labute approximate surface area is 110 Å². The number of pyridine rings is 1. The third kappa shape index (κ3) is 3.45. The quantitative estimate of drug-likeness (QED) is 0.804. The van der Waals surface area contributed by atoms with Crippen molar-refractivity contribution in [3.63, 3.8) is 0 Å². The van der Waals surface area contributed by atoms with Gasteiger partial charge < -0.3 is 10.4 Å². The Bertz CT molecular complexity index is 345. The first-order chi connectivity index (χ1) is 8.66. The minimum atomic E-state index is -0.430. The van der Waals surface area contributed by atoms with Crippen molar-refractivity contribution < 1.29 is 5.11 Å². The number of hydrogen-bond acceptors (Lipinski definition) is 3. The van der Waals surface area contributed by atoms with Crippen molar-refractivity contribution in [2.75, 3.05) is 5.32 Å². The van der Waals surface area contributed by atoms with Gasteiger partial charge in [-0.05, 0) is 49.7 Å². The summed E-state index contributed by atoms with van der Waals surface area (Å²) >= 11 is 0. The number of aliphatic hydroxyl groups is 1. The van der Waals surface area contributed by atoms with Gasteiger partial charge in [-0.25, -0.2) is 0 Å². The van der Waals surface area contributed by atoms with Crippen LogP contribution < -0.4 is 5.32 Å². The highest BCUT2D eigenvalue weighted by molar-refractivity contribution is 5.41. The van der Waals surface area contributed by atoms with Gasteiger partial charge in [-0.15, -0.1) is 0 Å². The van der Waals surface area contributed by atoms with Crippen LogP contribution >= 0.6 is 0 Å². The average Bonchev–Trinajstić information content (AvgIpc) is 2.40. The van der Waals surface area contributed by atoms with Crippen LogP contribution in [0.3, 0.4) is 0 Å². The minimum absolute atomic E-state index is 0.383. The summed E-state index contributed by atoms with van der Waals surface area (Å²) in [5, 5.41) is 13.4. The Morgan fingerprint density at radius 2 is 1.67 bits per heavy atom. The lowest BCUT2D eigenvalue weighted by molar-refractivity contribution is 0.0874. The van der Waals surface area contributed by atoms with Crippen LogP contribution in [0.1, 0.15) is 39.5 Å². The van der Waals surface area contributed by atoms with E-state index < -0.39 is 6.23 Å². The van der Waals surface area contributed by atoms with Crippen LogP contribution in [0.2, 0.25) is 0 Å². The highest BCUT2D eigenvalue weighted by Gasteiger charge is 2.27. The molecule has 0 amide bonds. The van der Waals surface area contributed by atoms with Crippen LogP contribution in [0.25, 0.3) is 0 Å². The van der Waals surface area contributed by atoms with Crippen molar-refractivity contribution >= 4 is 5.69 Å². The number of nitrogens with zero attached hydrogens (tertiary/aromatic N) is 1. The molecule has 1 aromatic rings. The third-order valence-electron chi connectivity index (χ3n) is 4.20. The Morgan fingerprint density at radius 1 is 1.11 bits per heavy atom. The molecule has 0 aromatic carbocycles. The molecule has 1 atom stereocenters. The lowest BCUT2D eigenvalue weighted by Crippen LogP contribution is -2.32. The van der Waals surface area contributed by atoms with Gasteiger partial charge in [-0.3, -0.25) is 4.98 Å². The number of hydrogen-bond donors (Lipinski definition) is 2. The van der Waals surface area contributed by atoms with Crippen molar-refractivity contribution in [3.8, 4) is 0 Å². The predicted octanol–water partition coefficient (Wildman–Crippen LogP) is 3.27. The average molecular weight is 248 g/mol. The van der Waals surface area contributed by atoms with Crippen LogP contribution in [0, 0.1) is 17.8 Å². The van der Waals surface area contributed by atoms with Crippen LogP contribution in [0.4, 0.5) is 5.69 Å². The number of nitrogens with one attached hydrogen (secondary N) is 1. The molecule has 0 bridgehead atoms. The molecule has 2 N–H and O–H groups in total. The van der Waals surface area contributed by atoms with Gasteiger partial charge in [0.05, 0.1) is 0 Å². The topological polar surface area (TPSA) is 45.1 Å². The molecule has 1 unspecified atom stereocenters. The highest BCUT2D eigenvalue weighted by Crippen LogP contribution is 2.34. The van der Waals surface area contributed by atoms with E-state index >= 15 is 0 Å². The smallest absolute Gasteiger partial charge is 0.127 e. The molecule has 2 rings (SSSR count). The van der Waals surface area contributed by atoms with E-state index in [2.05, 4.69) is 24.1 Å². The molecule has 1 saturated carbocycles. The Morgan fingerprint density at radius 3 is 2.22 bits per heavy atom. The number of aromatic nitrogens is 1. The summed E-state index contributed by atoms with van der Waals surface area (Å²) in [6.45, 7) is 4.60. The summed E-state index contributed by atoms with van der Waals surface area (Å²) in [7, 11) is 0. The fourth-order valence-corrected chi connectivity index (χ4v) is 2.86. The summed E-state index contributed by atoms with van der Waals surface area (Å²) in [6, 6.07) is 3.78. The van der Waals surface area contributed by atoms with Gasteiger partial charge in [0.25, 0.3) is 0 Å². The molecule has 0 saturated heterocycles. The first-order valence-electron chi connectivity index (χ1n) is 7.01. The SMILES string of the molecule is CC(C)C1CCC(C(O)Nc2ccncc2)CC1. The maximum Gasteiger partial charge on any atom is 0.127 e. The largest absolute Gasteiger partial charge is 0.374 e. The van der Waals surface area contributed by atoms with Gasteiger partial charge in [0.2, 0.25) is 0 Å². The van der Waals surface area contributed by atoms with Crippen LogP contribution in [-0.4, -0.2) is 16.3 Å². The molecule has 3 heteroatoms. The number of rotatable bonds is 4. The van der Waals surface area contributed by atoms with Crippen LogP contribution in [0.15, 0.2) is 24.5 Å². The van der Waals surface area contributed by atoms with Gasteiger partial charge >= 0.3 is 0 Å². The third-order valence-corrected chi connectivity index (χ3v) is 4.20. The molecular weight excluding hydrogens is 224 g/mol. The zero-order chi connectivity index (χ0) is 13.0. The molecule has 0 aliphatic heterocycles. The standard InChI is InChI=1S/C15H24N2O/c1-11(2)12-3-5-13(6-4-12)15(18)17-14-7-9-16-10-8-14/h7-13,15,18H,3-6H2,1-2H3,(H,16,17). The van der Waals surface area contributed by atoms with Gasteiger partial charge in [0.15, 0.2) is 0 Å². The molecule has 1 aliphatic rings. The normalized spacial score (nSPS) is 26.0. The maximum atomic E-state index is 10.2. The first-order valence-corrected chi connectivity index (χ1v) is 7.01. The van der Waals surface area contributed by atoms with Gasteiger partial charge in [-0.2, -0.15) is 0 Å². The molecule has 0 radical (unpaired) electrons. The molecule has 18 heavy (non-hydrogen) atoms. The molecule has 1 fully saturated rings. The van der Waals surface area contributed by atoms with Crippen LogP contribution in [-0.2, 0) is 0 Å². The second-order valence-corrected chi connectivity index (χ2v) is 5.74. The predicted molar refractivity (Wildman–Crippen MR) is 74.2 cm³/mol. The van der Waals surface area contributed by atoms with Gasteiger partial charge in [0.1, 0.15) is 6.23 Å². The van der Waals surface area contributed by atoms with E-state index in [-0.39, 0.29) is 0 Å². The second kappa shape index (κ2) is 6.19. The van der Waals surface area contributed by atoms with Crippen molar-refractivity contribution in [2.45, 2.75) is 45.8 Å². The second-order valence-electron chi connectivity index (χ2n) is 5.74. The Kier molecular flexibility index (Phi) is 4.59. The first kappa shape index (κ1) is 13.3. The lowest BCUT2D eigenvalue weighted by atomic mass is 9.76. The van der Waals surface area contributed by atoms with E-state index in [1.165, 1.54) is 12.8 Å². The van der Waals surface area contributed by atoms with Crippen molar-refractivity contribution in [1.29, 1.82) is 0 Å². The van der Waals surface area contributed by atoms with E-state index in [1.807, 2.05) is 12.1 Å². The molecule has 1 aliphatic carbocycles. The molecule has 100 valence electrons. The zero-order valence-corrected chi connectivity index (χ0v) is 11.3. The zero-order valence-electron chi connectivity index (χ0n) is 11.3. The van der Waals surface area contributed by atoms with E-state index in [9.17, 15) is 5.11 Å². The maximum absolute atomic E-state index is 10.2. The molecular formula is C15H24N2O. The molecule has 1 heterocycles. The highest BCUT2D eigenvalue weighted by atomic mass is 16.3. The van der Waals surface area contributed by atoms with Crippen molar-refractivity contribution in [3.05, 3.63) is 24.5 Å². The molecule has 0 spiro atoms. The van der Waals surface area contributed by atoms with Gasteiger partial charge in [-0.1, -0.05) is 13.8 Å². The number of aliphatic hydroxyl groups excluding tert-OH is 1. The van der Waals surface area contributed by atoms with E-state index in [0.29, 0.717) is 5.92 Å². The van der Waals surface area contributed by atoms with Crippen LogP contribution in [0.5, 0.6) is 0 Å². The lowest BCUT2D eigenvalue weighted by Gasteiger charge is -2.33. The Hall–Kier alpha value is -1.09. The summed E-state index contributed by atoms with van der Waals surface area (Å²) in [5.74, 6) is 2.00. The molecule has 1 aromatic heterocycles. The fraction of sp³-hybridized carbons (Fsp3) is 0.667. The minimum Gasteiger partial charge on any atom is -0.374 e. The summed E-state index contributed by atoms with van der Waals surface area (Å²) in [4.78, 5) is 3.97. The summed E-state index contributed by atoms with van der Waals surface area (Å²) in [5.41, 5.74) is 0.948. The summed E-state index contributed by atoms with van der Waals surface area (Å²) in [6.07, 6.45) is 7.80. The monoisotopic (exact) mass is 248 g/mol. The number of anilines is 1. The van der Waals surface area contributed by atoms with E-state index in [4.69, 9.17) is 0 Å². The summed E-state index contributed by atoms with van der Waals surface area (Å²) < 4.78 is 0. The van der Waals surface area contributed by atoms with Gasteiger partial charge in [0, 0.05) is 24.0 Å². The van der Waals surface area contributed by atoms with Crippen molar-refractivity contribution in [1.82, 2.24) is 4.98 Å². The van der Waals surface area contributed by atoms with E-state index in [0.717, 1.165) is 30.4 Å². The van der Waals surface area contributed by atoms with Crippen molar-refractivity contribution in [2.24, 2.45) is 17.8 Å². The fourth-order valence-electron chi connectivity index (χ4n) is 2.86. The van der Waals surface area contributed by atoms with E-state index in [1.54, 1.807) is 12.4 Å². The molecule has 3 nitrogen and oxygen atoms in total. The Balaban J connectivity index is 1.82.